The fourth-order valence-corrected chi connectivity index (χ4v) is 9.09. The minimum atomic E-state index is -4.60. The lowest BCUT2D eigenvalue weighted by atomic mass is 10.0. The van der Waals surface area contributed by atoms with Crippen molar-refractivity contribution in [3.63, 3.8) is 0 Å². The van der Waals surface area contributed by atoms with Crippen LogP contribution in [-0.4, -0.2) is 80.0 Å². The lowest BCUT2D eigenvalue weighted by molar-refractivity contribution is -0.137. The molecule has 3 heterocycles. The molecule has 19 nitrogen and oxygen atoms in total. The number of carbonyl (C=O) groups excluding carboxylic acids is 5. The number of aryl methyl sites for hydroxylation is 1. The Morgan fingerprint density at radius 2 is 1.57 bits per heavy atom. The molecule has 9 rings (SSSR count). The number of para-hydroxylation sites is 1. The topological polar surface area (TPSA) is 264 Å². The molecule has 2 fully saturated rings. The molecule has 7 N–H and O–H groups in total. The van der Waals surface area contributed by atoms with Crippen molar-refractivity contribution in [2.24, 2.45) is 10.9 Å². The number of halogens is 3. The van der Waals surface area contributed by atoms with Crippen LogP contribution in [0.2, 0.25) is 0 Å². The number of rotatable bonds is 19. The Morgan fingerprint density at radius 3 is 2.26 bits per heavy atom. The molecule has 0 spiro atoms. The van der Waals surface area contributed by atoms with Gasteiger partial charge in [0.05, 0.1) is 35.4 Å². The highest BCUT2D eigenvalue weighted by molar-refractivity contribution is 6.06. The number of hydrogen-bond acceptors (Lipinski definition) is 13. The van der Waals surface area contributed by atoms with Gasteiger partial charge in [-0.25, -0.2) is 19.6 Å². The first-order valence-corrected chi connectivity index (χ1v) is 28.0. The minimum Gasteiger partial charge on any atom is -0.457 e. The number of carbonyl (C=O) groups is 5. The molecule has 2 aliphatic rings. The van der Waals surface area contributed by atoms with Gasteiger partial charge in [-0.05, 0) is 161 Å². The monoisotopic (exact) mass is 1180 g/mol. The van der Waals surface area contributed by atoms with E-state index in [0.717, 1.165) is 66.8 Å². The molecule has 22 heteroatoms. The van der Waals surface area contributed by atoms with Crippen LogP contribution in [0, 0.1) is 24.2 Å². The van der Waals surface area contributed by atoms with E-state index in [-0.39, 0.29) is 40.9 Å². The number of fused-ring (bicyclic) bond motifs is 1. The number of nitriles is 1. The van der Waals surface area contributed by atoms with E-state index in [9.17, 15) is 42.4 Å². The number of aliphatic imine (C=N–C) groups is 1. The molecule has 1 aliphatic heterocycles. The first kappa shape index (κ1) is 62.4. The fourth-order valence-electron chi connectivity index (χ4n) is 9.09. The number of benzene rings is 5. The van der Waals surface area contributed by atoms with E-state index in [1.54, 1.807) is 61.2 Å². The number of nitrogen functional groups attached to an aromatic ring is 1. The first-order valence-electron chi connectivity index (χ1n) is 28.0. The smallest absolute Gasteiger partial charge is 0.416 e. The molecule has 1 saturated carbocycles. The second kappa shape index (κ2) is 28.7. The van der Waals surface area contributed by atoms with E-state index in [1.807, 2.05) is 79.2 Å². The second-order valence-electron chi connectivity index (χ2n) is 20.4. The lowest BCUT2D eigenvalue weighted by Gasteiger charge is -2.32. The second-order valence-corrected chi connectivity index (χ2v) is 20.4. The number of piperidine rings is 1. The largest absolute Gasteiger partial charge is 0.457 e. The van der Waals surface area contributed by atoms with Crippen LogP contribution in [0.4, 0.5) is 36.1 Å². The zero-order valence-corrected chi connectivity index (χ0v) is 48.2. The van der Waals surface area contributed by atoms with Crippen molar-refractivity contribution in [3.8, 4) is 28.8 Å². The van der Waals surface area contributed by atoms with Gasteiger partial charge in [0.2, 0.25) is 11.8 Å². The maximum atomic E-state index is 13.3. The SMILES string of the molecule is C=CC(=O)NCC(=O)Nc1cccc(NC(/N=C\C(=C/C)NC(=O)c2cc(NC(=O)c3cccc(C(F)(F)F)c3)ccc2C)=C(/C)CC)c1.N#C/C(=C\C1CC1)C(=O)N1CCCC(n2nc(-c3ccc(Oc4ccccc4)cc3)c3c(N)ncnc32)C1. The number of ether oxygens (including phenoxy) is 1. The third-order valence-corrected chi connectivity index (χ3v) is 14.1. The number of amides is 5. The molecule has 446 valence electrons. The van der Waals surface area contributed by atoms with Gasteiger partial charge in [-0.3, -0.25) is 24.0 Å². The van der Waals surface area contributed by atoms with Gasteiger partial charge in [-0.15, -0.1) is 0 Å². The van der Waals surface area contributed by atoms with Crippen LogP contribution < -0.4 is 37.1 Å². The van der Waals surface area contributed by atoms with Crippen molar-refractivity contribution in [2.45, 2.75) is 72.0 Å². The average Bonchev–Trinajstić information content (AvgIpc) is 1.78. The third-order valence-electron chi connectivity index (χ3n) is 14.1. The number of nitrogens with zero attached hydrogens (tertiary/aromatic N) is 7. The van der Waals surface area contributed by atoms with E-state index >= 15 is 0 Å². The predicted octanol–water partition coefficient (Wildman–Crippen LogP) is 11.9. The molecule has 0 bridgehead atoms. The van der Waals surface area contributed by atoms with Gasteiger partial charge in [0.25, 0.3) is 17.7 Å². The Kier molecular flexibility index (Phi) is 20.6. The number of aromatic nitrogens is 4. The van der Waals surface area contributed by atoms with Gasteiger partial charge in [-0.1, -0.05) is 62.1 Å². The first-order chi connectivity index (χ1) is 41.8. The molecule has 1 saturated heterocycles. The summed E-state index contributed by atoms with van der Waals surface area (Å²) < 4.78 is 47.1. The van der Waals surface area contributed by atoms with Crippen LogP contribution in [0.5, 0.6) is 11.5 Å². The van der Waals surface area contributed by atoms with Gasteiger partial charge < -0.3 is 42.0 Å². The van der Waals surface area contributed by atoms with Gasteiger partial charge in [-0.2, -0.15) is 23.5 Å². The van der Waals surface area contributed by atoms with E-state index in [1.165, 1.54) is 24.7 Å². The molecule has 87 heavy (non-hydrogen) atoms. The standard InChI is InChI=1S/C36H37F3N6O4.C29H27N7O2/c1-6-22(4)33(43-28-14-10-13-27(18-28)42-32(47)21-40-31(46)8-3)41-20-26(7-2)44-35(49)30-19-29(16-15-23(30)5)45-34(48)24-11-9-12-25(17-24)36(37,38)39;30-16-21(15-19-8-9-19)29(37)35-14-4-5-22(17-35)36-28-25(27(31)32-18-33-28)26(34-36)20-10-12-24(13-11-20)38-23-6-2-1-3-7-23/h7-20,43H,3,6,21H2,1-2,4-5H3,(H,40,46)(H,42,47)(H,44,49)(H,45,48);1-3,6-7,10-13,15,18-19,22H,4-5,8-9,14,17H2,(H2,31,32,33)/b26-7+,33-22-,41-20-;21-15+. The molecule has 0 radical (unpaired) electrons. The van der Waals surface area contributed by atoms with Crippen LogP contribution in [0.3, 0.4) is 0 Å². The van der Waals surface area contributed by atoms with Crippen molar-refractivity contribution in [3.05, 3.63) is 197 Å². The van der Waals surface area contributed by atoms with Crippen molar-refractivity contribution >= 4 is 69.7 Å². The molecular formula is C65H64F3N13O6. The van der Waals surface area contributed by atoms with Crippen molar-refractivity contribution in [1.82, 2.24) is 35.3 Å². The summed E-state index contributed by atoms with van der Waals surface area (Å²) in [5.41, 5.74) is 11.0. The molecular weight excluding hydrogens is 1120 g/mol. The number of allylic oxidation sites excluding steroid dienone is 4. The quantitative estimate of drug-likeness (QED) is 0.0251. The van der Waals surface area contributed by atoms with Gasteiger partial charge in [0, 0.05) is 46.8 Å². The number of anilines is 4. The Morgan fingerprint density at radius 1 is 0.862 bits per heavy atom. The summed E-state index contributed by atoms with van der Waals surface area (Å²) in [6.45, 7) is 11.5. The van der Waals surface area contributed by atoms with E-state index in [0.29, 0.717) is 82.2 Å². The van der Waals surface area contributed by atoms with Crippen LogP contribution in [-0.2, 0) is 20.6 Å². The Hall–Kier alpha value is -10.7. The highest BCUT2D eigenvalue weighted by Gasteiger charge is 2.33. The Labute approximate surface area is 500 Å². The third kappa shape index (κ3) is 16.8. The minimum absolute atomic E-state index is 0.0974. The number of nitrogens with two attached hydrogens (primary N) is 1. The molecule has 5 aromatic carbocycles. The average molecular weight is 1180 g/mol. The molecule has 7 aromatic rings. The number of alkyl halides is 3. The van der Waals surface area contributed by atoms with Crippen LogP contribution in [0.15, 0.2) is 180 Å². The van der Waals surface area contributed by atoms with Crippen LogP contribution >= 0.6 is 0 Å². The molecule has 1 atom stereocenters. The highest BCUT2D eigenvalue weighted by atomic mass is 19.4. The summed E-state index contributed by atoms with van der Waals surface area (Å²) >= 11 is 0. The molecule has 1 aliphatic carbocycles. The molecule has 2 aromatic heterocycles. The van der Waals surface area contributed by atoms with Crippen LogP contribution in [0.1, 0.15) is 90.8 Å². The summed E-state index contributed by atoms with van der Waals surface area (Å²) in [6.07, 6.45) is 7.26. The number of hydrogen-bond donors (Lipinski definition) is 6. The normalized spacial score (nSPS) is 14.6. The molecule has 5 amide bonds. The van der Waals surface area contributed by atoms with Gasteiger partial charge in [0.1, 0.15) is 46.8 Å². The zero-order chi connectivity index (χ0) is 62.2. The van der Waals surface area contributed by atoms with Crippen molar-refractivity contribution in [1.29, 1.82) is 5.26 Å². The summed E-state index contributed by atoms with van der Waals surface area (Å²) in [7, 11) is 0. The van der Waals surface area contributed by atoms with E-state index in [4.69, 9.17) is 15.6 Å². The number of nitrogens with one attached hydrogen (secondary N) is 5. The lowest BCUT2D eigenvalue weighted by Crippen LogP contribution is -2.41. The van der Waals surface area contributed by atoms with Gasteiger partial charge in [0.15, 0.2) is 5.65 Å². The van der Waals surface area contributed by atoms with Crippen LogP contribution in [0.25, 0.3) is 22.3 Å². The Bertz CT molecular complexity index is 3880. The maximum absolute atomic E-state index is 13.3. The van der Waals surface area contributed by atoms with Crippen molar-refractivity contribution < 1.29 is 41.9 Å². The summed E-state index contributed by atoms with van der Waals surface area (Å²) in [6, 6.07) is 34.8. The maximum Gasteiger partial charge on any atom is 0.416 e. The molecule has 1 unspecified atom stereocenters. The Balaban J connectivity index is 0.000000232. The zero-order valence-electron chi connectivity index (χ0n) is 48.2. The summed E-state index contributed by atoms with van der Waals surface area (Å²) in [5, 5.41) is 28.9. The van der Waals surface area contributed by atoms with Gasteiger partial charge >= 0.3 is 6.18 Å². The van der Waals surface area contributed by atoms with E-state index in [2.05, 4.69) is 54.2 Å². The highest BCUT2D eigenvalue weighted by Crippen LogP contribution is 2.37. The fraction of sp³-hybridized carbons (Fsp3) is 0.231. The predicted molar refractivity (Wildman–Crippen MR) is 328 cm³/mol. The number of likely N-dealkylation sites (tertiary alicyclic amines) is 1. The summed E-state index contributed by atoms with van der Waals surface area (Å²) in [4.78, 5) is 77.8. The van der Waals surface area contributed by atoms with Crippen molar-refractivity contribution in [2.75, 3.05) is 41.3 Å². The summed E-state index contributed by atoms with van der Waals surface area (Å²) in [5.74, 6) is 0.346. The van der Waals surface area contributed by atoms with E-state index < -0.39 is 35.4 Å².